The van der Waals surface area contributed by atoms with Gasteiger partial charge in [0.2, 0.25) is 0 Å². The van der Waals surface area contributed by atoms with Crippen LogP contribution in [0.15, 0.2) is 5.16 Å². The highest BCUT2D eigenvalue weighted by Gasteiger charge is 2.10. The topological polar surface area (TPSA) is 24.8 Å². The van der Waals surface area contributed by atoms with Crippen molar-refractivity contribution >= 4 is 6.21 Å². The lowest BCUT2D eigenvalue weighted by Crippen LogP contribution is -2.23. The summed E-state index contributed by atoms with van der Waals surface area (Å²) in [4.78, 5) is 7.38. The lowest BCUT2D eigenvalue weighted by molar-refractivity contribution is 0.120. The summed E-state index contributed by atoms with van der Waals surface area (Å²) in [7, 11) is 0. The van der Waals surface area contributed by atoms with Crippen LogP contribution in [0.4, 0.5) is 0 Å². The highest BCUT2D eigenvalue weighted by Crippen LogP contribution is 2.05. The quantitative estimate of drug-likeness (QED) is 0.346. The molecule has 0 bridgehead atoms. The summed E-state index contributed by atoms with van der Waals surface area (Å²) in [6, 6.07) is 0. The van der Waals surface area contributed by atoms with E-state index in [1.165, 1.54) is 25.9 Å². The Morgan fingerprint density at radius 3 is 2.82 bits per heavy atom. The maximum absolute atomic E-state index is 4.97. The fraction of sp³-hybridized carbons (Fsp3) is 0.875. The standard InChI is InChI=1S/C8H16N2O/c1-2-9-11-8-7-10-5-3-4-6-10/h2H,3-8H2,1H3/b9-2+. The summed E-state index contributed by atoms with van der Waals surface area (Å²) in [5.41, 5.74) is 0. The fourth-order valence-corrected chi connectivity index (χ4v) is 1.30. The Balaban J connectivity index is 1.93. The van der Waals surface area contributed by atoms with Crippen LogP contribution >= 0.6 is 0 Å². The Morgan fingerprint density at radius 2 is 2.18 bits per heavy atom. The highest BCUT2D eigenvalue weighted by molar-refractivity contribution is 5.52. The molecule has 0 spiro atoms. The van der Waals surface area contributed by atoms with Gasteiger partial charge in [-0.25, -0.2) is 0 Å². The number of nitrogens with zero attached hydrogens (tertiary/aromatic N) is 2. The maximum atomic E-state index is 4.97. The molecule has 0 radical (unpaired) electrons. The first kappa shape index (κ1) is 8.53. The molecule has 3 nitrogen and oxygen atoms in total. The van der Waals surface area contributed by atoms with E-state index in [0.717, 1.165) is 13.2 Å². The molecule has 1 fully saturated rings. The zero-order valence-electron chi connectivity index (χ0n) is 7.12. The molecule has 1 aliphatic heterocycles. The molecule has 1 saturated heterocycles. The highest BCUT2D eigenvalue weighted by atomic mass is 16.6. The minimum absolute atomic E-state index is 0.727. The second-order valence-corrected chi connectivity index (χ2v) is 2.75. The monoisotopic (exact) mass is 156 g/mol. The van der Waals surface area contributed by atoms with Crippen molar-refractivity contribution in [3.05, 3.63) is 0 Å². The second kappa shape index (κ2) is 5.13. The molecule has 64 valence electrons. The van der Waals surface area contributed by atoms with E-state index in [-0.39, 0.29) is 0 Å². The van der Waals surface area contributed by atoms with Gasteiger partial charge in [0.05, 0.1) is 0 Å². The number of oxime groups is 1. The summed E-state index contributed by atoms with van der Waals surface area (Å²) in [5, 5.41) is 3.68. The van der Waals surface area contributed by atoms with Crippen molar-refractivity contribution in [2.24, 2.45) is 5.16 Å². The van der Waals surface area contributed by atoms with Crippen LogP contribution in [0.25, 0.3) is 0 Å². The van der Waals surface area contributed by atoms with Crippen LogP contribution < -0.4 is 0 Å². The van der Waals surface area contributed by atoms with Gasteiger partial charge < -0.3 is 4.84 Å². The summed E-state index contributed by atoms with van der Waals surface area (Å²) < 4.78 is 0. The van der Waals surface area contributed by atoms with Crippen LogP contribution in [0.1, 0.15) is 19.8 Å². The Labute approximate surface area is 68.0 Å². The van der Waals surface area contributed by atoms with E-state index in [0.29, 0.717) is 0 Å². The Morgan fingerprint density at radius 1 is 1.45 bits per heavy atom. The molecule has 0 aromatic carbocycles. The number of rotatable bonds is 4. The lowest BCUT2D eigenvalue weighted by atomic mass is 10.4. The smallest absolute Gasteiger partial charge is 0.129 e. The first-order chi connectivity index (χ1) is 5.43. The van der Waals surface area contributed by atoms with Crippen LogP contribution in [-0.2, 0) is 4.84 Å². The van der Waals surface area contributed by atoms with Crippen molar-refractivity contribution in [2.75, 3.05) is 26.2 Å². The van der Waals surface area contributed by atoms with Gasteiger partial charge in [0.15, 0.2) is 0 Å². The zero-order chi connectivity index (χ0) is 7.94. The predicted molar refractivity (Wildman–Crippen MR) is 45.8 cm³/mol. The van der Waals surface area contributed by atoms with Crippen LogP contribution in [0.5, 0.6) is 0 Å². The van der Waals surface area contributed by atoms with E-state index in [1.807, 2.05) is 6.92 Å². The van der Waals surface area contributed by atoms with Gasteiger partial charge in [-0.3, -0.25) is 4.90 Å². The molecule has 0 saturated carbocycles. The SMILES string of the molecule is C/C=N/OCCN1CCCC1. The number of hydrogen-bond acceptors (Lipinski definition) is 3. The van der Waals surface area contributed by atoms with E-state index in [4.69, 9.17) is 4.84 Å². The van der Waals surface area contributed by atoms with Crippen LogP contribution in [0, 0.1) is 0 Å². The molecule has 11 heavy (non-hydrogen) atoms. The summed E-state index contributed by atoms with van der Waals surface area (Å²) >= 11 is 0. The van der Waals surface area contributed by atoms with Gasteiger partial charge in [0, 0.05) is 12.8 Å². The van der Waals surface area contributed by atoms with Gasteiger partial charge in [-0.1, -0.05) is 5.16 Å². The van der Waals surface area contributed by atoms with Gasteiger partial charge in [0.1, 0.15) is 6.61 Å². The molecule has 3 heteroatoms. The molecule has 0 aliphatic carbocycles. The van der Waals surface area contributed by atoms with Crippen molar-refractivity contribution < 1.29 is 4.84 Å². The van der Waals surface area contributed by atoms with Crippen molar-refractivity contribution in [1.29, 1.82) is 0 Å². The molecule has 1 rings (SSSR count). The first-order valence-electron chi connectivity index (χ1n) is 4.26. The molecule has 0 atom stereocenters. The summed E-state index contributed by atoms with van der Waals surface area (Å²) in [5.74, 6) is 0. The van der Waals surface area contributed by atoms with E-state index in [1.54, 1.807) is 6.21 Å². The average molecular weight is 156 g/mol. The minimum atomic E-state index is 0.727. The third kappa shape index (κ3) is 3.37. The van der Waals surface area contributed by atoms with Crippen molar-refractivity contribution in [2.45, 2.75) is 19.8 Å². The first-order valence-corrected chi connectivity index (χ1v) is 4.26. The van der Waals surface area contributed by atoms with E-state index in [9.17, 15) is 0 Å². The zero-order valence-corrected chi connectivity index (χ0v) is 7.12. The number of likely N-dealkylation sites (tertiary alicyclic amines) is 1. The average Bonchev–Trinajstić information content (AvgIpc) is 2.50. The molecule has 0 unspecified atom stereocenters. The molecular formula is C8H16N2O. The van der Waals surface area contributed by atoms with Gasteiger partial charge in [0.25, 0.3) is 0 Å². The molecule has 0 amide bonds. The van der Waals surface area contributed by atoms with Crippen LogP contribution in [-0.4, -0.2) is 37.4 Å². The van der Waals surface area contributed by atoms with E-state index >= 15 is 0 Å². The van der Waals surface area contributed by atoms with Crippen LogP contribution in [0.2, 0.25) is 0 Å². The van der Waals surface area contributed by atoms with Gasteiger partial charge in [-0.05, 0) is 32.9 Å². The number of hydrogen-bond donors (Lipinski definition) is 0. The lowest BCUT2D eigenvalue weighted by Gasteiger charge is -2.12. The molecule has 0 aromatic rings. The van der Waals surface area contributed by atoms with Crippen molar-refractivity contribution in [3.8, 4) is 0 Å². The third-order valence-electron chi connectivity index (χ3n) is 1.88. The molecule has 1 aliphatic rings. The van der Waals surface area contributed by atoms with E-state index < -0.39 is 0 Å². The minimum Gasteiger partial charge on any atom is -0.395 e. The third-order valence-corrected chi connectivity index (χ3v) is 1.88. The normalized spacial score (nSPS) is 19.7. The summed E-state index contributed by atoms with van der Waals surface area (Å²) in [6.07, 6.45) is 4.36. The summed E-state index contributed by atoms with van der Waals surface area (Å²) in [6.45, 7) is 6.08. The molecule has 0 aromatic heterocycles. The second-order valence-electron chi connectivity index (χ2n) is 2.75. The Hall–Kier alpha value is -0.570. The Kier molecular flexibility index (Phi) is 3.98. The fourth-order valence-electron chi connectivity index (χ4n) is 1.30. The maximum Gasteiger partial charge on any atom is 0.129 e. The Bertz CT molecular complexity index is 119. The van der Waals surface area contributed by atoms with Gasteiger partial charge >= 0.3 is 0 Å². The van der Waals surface area contributed by atoms with Crippen molar-refractivity contribution in [1.82, 2.24) is 4.90 Å². The van der Waals surface area contributed by atoms with Gasteiger partial charge in [-0.15, -0.1) is 0 Å². The van der Waals surface area contributed by atoms with Crippen molar-refractivity contribution in [3.63, 3.8) is 0 Å². The van der Waals surface area contributed by atoms with E-state index in [2.05, 4.69) is 10.1 Å². The van der Waals surface area contributed by atoms with Crippen LogP contribution in [0.3, 0.4) is 0 Å². The largest absolute Gasteiger partial charge is 0.395 e. The van der Waals surface area contributed by atoms with Gasteiger partial charge in [-0.2, -0.15) is 0 Å². The molecule has 1 heterocycles. The predicted octanol–water partition coefficient (Wildman–Crippen LogP) is 1.10. The molecular weight excluding hydrogens is 140 g/mol. The molecule has 0 N–H and O–H groups in total.